The van der Waals surface area contributed by atoms with E-state index in [0.717, 1.165) is 4.90 Å². The maximum Gasteiger partial charge on any atom is 0.163 e. The molecule has 0 aromatic heterocycles. The standard InChI is InChI=1S/C7H6BrFN2S/c1-11-10-7-5(12-11)3-2-4(8)6(7)9/h2-3,10H,1H3. The maximum absolute atomic E-state index is 13.3. The molecule has 1 aromatic carbocycles. The van der Waals surface area contributed by atoms with Gasteiger partial charge in [0.2, 0.25) is 0 Å². The second-order valence-corrected chi connectivity index (χ2v) is 4.46. The van der Waals surface area contributed by atoms with Crippen LogP contribution in [0, 0.1) is 5.82 Å². The minimum atomic E-state index is -0.232. The zero-order chi connectivity index (χ0) is 8.72. The number of hydrogen-bond donors (Lipinski definition) is 1. The number of nitrogens with one attached hydrogen (secondary N) is 1. The van der Waals surface area contributed by atoms with Gasteiger partial charge >= 0.3 is 0 Å². The highest BCUT2D eigenvalue weighted by molar-refractivity contribution is 9.10. The molecule has 1 aromatic rings. The normalized spacial score (nSPS) is 15.9. The first-order valence-electron chi connectivity index (χ1n) is 3.35. The second kappa shape index (κ2) is 2.90. The Labute approximate surface area is 82.4 Å². The Kier molecular flexibility index (Phi) is 2.02. The zero-order valence-corrected chi connectivity index (χ0v) is 8.67. The van der Waals surface area contributed by atoms with Crippen molar-refractivity contribution in [2.24, 2.45) is 0 Å². The summed E-state index contributed by atoms with van der Waals surface area (Å²) in [6.07, 6.45) is 0. The number of hydrogen-bond acceptors (Lipinski definition) is 3. The van der Waals surface area contributed by atoms with Crippen LogP contribution in [-0.4, -0.2) is 11.5 Å². The lowest BCUT2D eigenvalue weighted by Crippen LogP contribution is -2.11. The minimum Gasteiger partial charge on any atom is -0.305 e. The summed E-state index contributed by atoms with van der Waals surface area (Å²) < 4.78 is 15.6. The van der Waals surface area contributed by atoms with Crippen LogP contribution in [0.25, 0.3) is 0 Å². The molecule has 0 bridgehead atoms. The number of nitrogens with zero attached hydrogens (tertiary/aromatic N) is 1. The van der Waals surface area contributed by atoms with Crippen molar-refractivity contribution in [2.75, 3.05) is 12.5 Å². The van der Waals surface area contributed by atoms with E-state index in [1.54, 1.807) is 10.5 Å². The molecule has 0 saturated heterocycles. The van der Waals surface area contributed by atoms with Gasteiger partial charge in [-0.25, -0.2) is 4.39 Å². The van der Waals surface area contributed by atoms with E-state index >= 15 is 0 Å². The second-order valence-electron chi connectivity index (χ2n) is 2.44. The third-order valence-electron chi connectivity index (χ3n) is 1.56. The van der Waals surface area contributed by atoms with Crippen LogP contribution in [0.1, 0.15) is 0 Å². The minimum absolute atomic E-state index is 0.232. The van der Waals surface area contributed by atoms with E-state index in [1.165, 1.54) is 11.9 Å². The topological polar surface area (TPSA) is 15.3 Å². The van der Waals surface area contributed by atoms with Crippen molar-refractivity contribution in [3.63, 3.8) is 0 Å². The summed E-state index contributed by atoms with van der Waals surface area (Å²) in [5, 5.41) is 0. The Balaban J connectivity index is 2.54. The van der Waals surface area contributed by atoms with Gasteiger partial charge in [0.1, 0.15) is 5.69 Å². The number of rotatable bonds is 0. The highest BCUT2D eigenvalue weighted by atomic mass is 79.9. The quantitative estimate of drug-likeness (QED) is 0.712. The van der Waals surface area contributed by atoms with Gasteiger partial charge in [-0.15, -0.1) is 0 Å². The molecule has 2 nitrogen and oxygen atoms in total. The van der Waals surface area contributed by atoms with Gasteiger partial charge in [-0.2, -0.15) is 4.41 Å². The van der Waals surface area contributed by atoms with E-state index in [4.69, 9.17) is 0 Å². The van der Waals surface area contributed by atoms with E-state index in [-0.39, 0.29) is 5.82 Å². The monoisotopic (exact) mass is 248 g/mol. The van der Waals surface area contributed by atoms with Gasteiger partial charge in [0.15, 0.2) is 5.82 Å². The van der Waals surface area contributed by atoms with Crippen LogP contribution in [0.4, 0.5) is 10.1 Å². The van der Waals surface area contributed by atoms with E-state index < -0.39 is 0 Å². The molecular weight excluding hydrogens is 243 g/mol. The molecular formula is C7H6BrFN2S. The summed E-state index contributed by atoms with van der Waals surface area (Å²) in [6.45, 7) is 0. The summed E-state index contributed by atoms with van der Waals surface area (Å²) in [5.41, 5.74) is 3.45. The van der Waals surface area contributed by atoms with Crippen LogP contribution in [0.2, 0.25) is 0 Å². The van der Waals surface area contributed by atoms with Gasteiger partial charge in [-0.3, -0.25) is 0 Å². The van der Waals surface area contributed by atoms with E-state index in [2.05, 4.69) is 21.4 Å². The van der Waals surface area contributed by atoms with Gasteiger partial charge in [0, 0.05) is 7.05 Å². The van der Waals surface area contributed by atoms with Crippen molar-refractivity contribution in [3.05, 3.63) is 22.4 Å². The molecule has 1 aliphatic heterocycles. The van der Waals surface area contributed by atoms with Gasteiger partial charge < -0.3 is 5.43 Å². The third-order valence-corrected chi connectivity index (χ3v) is 3.08. The van der Waals surface area contributed by atoms with Crippen LogP contribution in [0.5, 0.6) is 0 Å². The summed E-state index contributed by atoms with van der Waals surface area (Å²) >= 11 is 4.60. The van der Waals surface area contributed by atoms with Crippen LogP contribution < -0.4 is 5.43 Å². The lowest BCUT2D eigenvalue weighted by molar-refractivity contribution is 0.609. The van der Waals surface area contributed by atoms with Crippen molar-refractivity contribution >= 4 is 33.6 Å². The molecule has 0 radical (unpaired) electrons. The van der Waals surface area contributed by atoms with Crippen molar-refractivity contribution in [2.45, 2.75) is 4.90 Å². The number of benzene rings is 1. The lowest BCUT2D eigenvalue weighted by Gasteiger charge is -2.05. The summed E-state index contributed by atoms with van der Waals surface area (Å²) in [6, 6.07) is 3.59. The van der Waals surface area contributed by atoms with E-state index in [0.29, 0.717) is 10.2 Å². The highest BCUT2D eigenvalue weighted by Gasteiger charge is 2.20. The Bertz CT molecular complexity index is 331. The number of anilines is 1. The van der Waals surface area contributed by atoms with Crippen LogP contribution in [0.15, 0.2) is 21.5 Å². The molecule has 2 rings (SSSR count). The highest BCUT2D eigenvalue weighted by Crippen LogP contribution is 2.40. The summed E-state index contributed by atoms with van der Waals surface area (Å²) in [7, 11) is 1.85. The maximum atomic E-state index is 13.3. The largest absolute Gasteiger partial charge is 0.305 e. The van der Waals surface area contributed by atoms with Crippen LogP contribution in [-0.2, 0) is 0 Å². The molecule has 0 atom stereocenters. The Morgan fingerprint density at radius 1 is 1.58 bits per heavy atom. The van der Waals surface area contributed by atoms with Crippen LogP contribution >= 0.6 is 27.9 Å². The number of hydrazine groups is 1. The first-order valence-corrected chi connectivity index (χ1v) is 4.91. The smallest absolute Gasteiger partial charge is 0.163 e. The number of fused-ring (bicyclic) bond motifs is 1. The van der Waals surface area contributed by atoms with Crippen molar-refractivity contribution < 1.29 is 4.39 Å². The third kappa shape index (κ3) is 1.22. The Hall–Kier alpha value is -0.260. The average Bonchev–Trinajstić information content (AvgIpc) is 2.39. The molecule has 64 valence electrons. The Morgan fingerprint density at radius 2 is 2.33 bits per heavy atom. The fourth-order valence-corrected chi connectivity index (χ4v) is 2.16. The SMILES string of the molecule is CN1Nc2c(ccc(Br)c2F)S1. The fraction of sp³-hybridized carbons (Fsp3) is 0.143. The van der Waals surface area contributed by atoms with Gasteiger partial charge in [-0.1, -0.05) is 0 Å². The predicted octanol–water partition coefficient (Wildman–Crippen LogP) is 2.87. The molecule has 1 heterocycles. The van der Waals surface area contributed by atoms with Crippen LogP contribution in [0.3, 0.4) is 0 Å². The van der Waals surface area contributed by atoms with Gasteiger partial charge in [0.25, 0.3) is 0 Å². The molecule has 12 heavy (non-hydrogen) atoms. The molecule has 0 unspecified atom stereocenters. The summed E-state index contributed by atoms with van der Waals surface area (Å²) in [5.74, 6) is -0.232. The Morgan fingerprint density at radius 3 is 3.08 bits per heavy atom. The first kappa shape index (κ1) is 8.34. The molecule has 0 saturated carbocycles. The molecule has 0 fully saturated rings. The van der Waals surface area contributed by atoms with Crippen molar-refractivity contribution in [1.29, 1.82) is 0 Å². The predicted molar refractivity (Wildman–Crippen MR) is 51.3 cm³/mol. The zero-order valence-electron chi connectivity index (χ0n) is 6.27. The van der Waals surface area contributed by atoms with E-state index in [9.17, 15) is 4.39 Å². The average molecular weight is 249 g/mol. The fourth-order valence-electron chi connectivity index (χ4n) is 1.04. The number of halogens is 2. The molecule has 0 aliphatic carbocycles. The lowest BCUT2D eigenvalue weighted by atomic mass is 10.3. The first-order chi connectivity index (χ1) is 5.68. The molecule has 0 spiro atoms. The molecule has 5 heteroatoms. The van der Waals surface area contributed by atoms with Gasteiger partial charge in [0.05, 0.1) is 9.37 Å². The molecule has 1 aliphatic rings. The summed E-state index contributed by atoms with van der Waals surface area (Å²) in [4.78, 5) is 0.915. The van der Waals surface area contributed by atoms with Crippen molar-refractivity contribution in [1.82, 2.24) is 4.41 Å². The van der Waals surface area contributed by atoms with Gasteiger partial charge in [-0.05, 0) is 40.0 Å². The van der Waals surface area contributed by atoms with E-state index in [1.807, 2.05) is 13.1 Å². The van der Waals surface area contributed by atoms with Crippen molar-refractivity contribution in [3.8, 4) is 0 Å². The molecule has 1 N–H and O–H groups in total. The molecule has 0 amide bonds.